The Hall–Kier alpha value is -1.93. The maximum Gasteiger partial charge on any atom is 0.328 e. The minimum Gasteiger partial charge on any atom is -0.457 e. The van der Waals surface area contributed by atoms with E-state index >= 15 is 0 Å². The summed E-state index contributed by atoms with van der Waals surface area (Å²) in [5, 5.41) is 19.8. The van der Waals surface area contributed by atoms with Gasteiger partial charge in [-0.15, -0.1) is 0 Å². The Morgan fingerprint density at radius 3 is 2.79 bits per heavy atom. The van der Waals surface area contributed by atoms with Crippen LogP contribution >= 0.6 is 0 Å². The first-order valence-electron chi connectivity index (χ1n) is 8.19. The number of carbonyl (C=O) groups excluding carboxylic acids is 1. The Kier molecular flexibility index (Phi) is 5.95. The number of ether oxygens (including phenoxy) is 1. The molecule has 1 aliphatic rings. The molecule has 134 valence electrons. The molecule has 0 spiro atoms. The van der Waals surface area contributed by atoms with Gasteiger partial charge >= 0.3 is 11.7 Å². The highest BCUT2D eigenvalue weighted by Gasteiger charge is 2.46. The van der Waals surface area contributed by atoms with Crippen LogP contribution in [0.2, 0.25) is 0 Å². The van der Waals surface area contributed by atoms with Crippen molar-refractivity contribution in [1.82, 2.24) is 9.55 Å². The van der Waals surface area contributed by atoms with Crippen molar-refractivity contribution in [3.05, 3.63) is 32.6 Å². The van der Waals surface area contributed by atoms with E-state index in [0.717, 1.165) is 6.42 Å². The molecule has 0 amide bonds. The number of rotatable bonds is 6. The lowest BCUT2D eigenvalue weighted by Gasteiger charge is -2.24. The van der Waals surface area contributed by atoms with Gasteiger partial charge in [-0.05, 0) is 19.8 Å². The number of carbonyl (C=O) groups is 1. The van der Waals surface area contributed by atoms with Crippen molar-refractivity contribution in [3.63, 3.8) is 0 Å². The van der Waals surface area contributed by atoms with Crippen molar-refractivity contribution >= 4 is 5.97 Å². The number of nitrogens with one attached hydrogen (secondary N) is 1. The van der Waals surface area contributed by atoms with Gasteiger partial charge in [0.05, 0.1) is 12.1 Å². The lowest BCUT2D eigenvalue weighted by Crippen LogP contribution is -2.40. The summed E-state index contributed by atoms with van der Waals surface area (Å²) < 4.78 is 6.67. The summed E-state index contributed by atoms with van der Waals surface area (Å²) in [6, 6.07) is -0.634. The van der Waals surface area contributed by atoms with E-state index < -0.39 is 41.4 Å². The number of nitrogens with zero attached hydrogens (tertiary/aromatic N) is 1. The van der Waals surface area contributed by atoms with E-state index in [1.54, 1.807) is 6.92 Å². The number of unbranched alkanes of at least 4 members (excludes halogenated alkanes) is 1. The Morgan fingerprint density at radius 2 is 2.17 bits per heavy atom. The molecule has 24 heavy (non-hydrogen) atoms. The number of hydrogen-bond donors (Lipinski definition) is 3. The normalized spacial score (nSPS) is 26.5. The predicted octanol–water partition coefficient (Wildman–Crippen LogP) is -0.139. The molecule has 1 fully saturated rings. The van der Waals surface area contributed by atoms with Gasteiger partial charge in [0.2, 0.25) is 0 Å². The maximum atomic E-state index is 12.1. The first-order chi connectivity index (χ1) is 11.4. The van der Waals surface area contributed by atoms with Gasteiger partial charge in [-0.1, -0.05) is 13.3 Å². The third kappa shape index (κ3) is 3.76. The summed E-state index contributed by atoms with van der Waals surface area (Å²) in [7, 11) is 0. The molecule has 0 bridgehead atoms. The number of aryl methyl sites for hydroxylation is 1. The highest BCUT2D eigenvalue weighted by Crippen LogP contribution is 2.36. The molecule has 0 unspecified atom stereocenters. The maximum absolute atomic E-state index is 12.1. The summed E-state index contributed by atoms with van der Waals surface area (Å²) in [6.07, 6.45) is 1.41. The fourth-order valence-corrected chi connectivity index (χ4v) is 3.05. The number of esters is 1. The number of aliphatic hydroxyl groups excluding tert-OH is 2. The summed E-state index contributed by atoms with van der Waals surface area (Å²) in [5.74, 6) is -0.947. The van der Waals surface area contributed by atoms with Crippen LogP contribution in [0.4, 0.5) is 0 Å². The molecule has 0 aromatic carbocycles. The van der Waals surface area contributed by atoms with E-state index in [1.165, 1.54) is 10.8 Å². The van der Waals surface area contributed by atoms with E-state index in [1.807, 2.05) is 6.92 Å². The number of aromatic amines is 1. The molecule has 1 heterocycles. The minimum atomic E-state index is -1.07. The van der Waals surface area contributed by atoms with Crippen LogP contribution in [0.25, 0.3) is 0 Å². The van der Waals surface area contributed by atoms with Crippen LogP contribution in [-0.2, 0) is 9.53 Å². The number of aromatic nitrogens is 2. The van der Waals surface area contributed by atoms with Crippen molar-refractivity contribution in [2.45, 2.75) is 57.8 Å². The van der Waals surface area contributed by atoms with E-state index in [0.29, 0.717) is 12.0 Å². The topological polar surface area (TPSA) is 122 Å². The van der Waals surface area contributed by atoms with Crippen LogP contribution in [0.15, 0.2) is 15.8 Å². The highest BCUT2D eigenvalue weighted by atomic mass is 16.6. The molecule has 2 rings (SSSR count). The lowest BCUT2D eigenvalue weighted by atomic mass is 10.1. The molecular formula is C16H24N2O6. The van der Waals surface area contributed by atoms with E-state index in [-0.39, 0.29) is 19.4 Å². The highest BCUT2D eigenvalue weighted by molar-refractivity contribution is 5.69. The molecule has 1 aliphatic carbocycles. The zero-order valence-corrected chi connectivity index (χ0v) is 13.9. The van der Waals surface area contributed by atoms with Crippen LogP contribution < -0.4 is 11.2 Å². The quantitative estimate of drug-likeness (QED) is 0.620. The first kappa shape index (κ1) is 18.4. The van der Waals surface area contributed by atoms with Crippen LogP contribution in [0.1, 0.15) is 44.2 Å². The van der Waals surface area contributed by atoms with Crippen LogP contribution in [0.3, 0.4) is 0 Å². The standard InChI is InChI=1S/C16H24N2O6/c1-3-4-5-12(20)24-14-11(6-10(8-19)13(14)21)18-7-9(2)15(22)17-16(18)23/h7,10-11,13-14,19,21H,3-6,8H2,1-2H3,(H,17,22,23)/t10-,11-,13-,14-/m1/s1. The third-order valence-electron chi connectivity index (χ3n) is 4.48. The second-order valence-electron chi connectivity index (χ2n) is 6.27. The lowest BCUT2D eigenvalue weighted by molar-refractivity contribution is -0.156. The second-order valence-corrected chi connectivity index (χ2v) is 6.27. The van der Waals surface area contributed by atoms with Crippen molar-refractivity contribution < 1.29 is 19.7 Å². The molecule has 0 saturated heterocycles. The summed E-state index contributed by atoms with van der Waals surface area (Å²) in [5.41, 5.74) is -0.770. The van der Waals surface area contributed by atoms with E-state index in [4.69, 9.17) is 4.74 Å². The zero-order chi connectivity index (χ0) is 17.9. The summed E-state index contributed by atoms with van der Waals surface area (Å²) in [6.45, 7) is 3.23. The molecular weight excluding hydrogens is 316 g/mol. The minimum absolute atomic E-state index is 0.232. The van der Waals surface area contributed by atoms with E-state index in [2.05, 4.69) is 4.98 Å². The van der Waals surface area contributed by atoms with Crippen molar-refractivity contribution in [2.24, 2.45) is 5.92 Å². The fourth-order valence-electron chi connectivity index (χ4n) is 3.05. The molecule has 1 aromatic rings. The van der Waals surface area contributed by atoms with Gasteiger partial charge in [0.25, 0.3) is 5.56 Å². The van der Waals surface area contributed by atoms with Gasteiger partial charge in [0.15, 0.2) is 0 Å². The fraction of sp³-hybridized carbons (Fsp3) is 0.688. The molecule has 0 aliphatic heterocycles. The first-order valence-corrected chi connectivity index (χ1v) is 8.19. The van der Waals surface area contributed by atoms with Gasteiger partial charge in [-0.3, -0.25) is 19.1 Å². The monoisotopic (exact) mass is 340 g/mol. The van der Waals surface area contributed by atoms with Crippen molar-refractivity contribution in [1.29, 1.82) is 0 Å². The molecule has 1 saturated carbocycles. The van der Waals surface area contributed by atoms with Crippen molar-refractivity contribution in [3.8, 4) is 0 Å². The van der Waals surface area contributed by atoms with Crippen LogP contribution in [0.5, 0.6) is 0 Å². The van der Waals surface area contributed by atoms with Crippen LogP contribution in [0, 0.1) is 12.8 Å². The van der Waals surface area contributed by atoms with Gasteiger partial charge < -0.3 is 14.9 Å². The Balaban J connectivity index is 2.31. The van der Waals surface area contributed by atoms with Crippen LogP contribution in [-0.4, -0.2) is 44.5 Å². The van der Waals surface area contributed by atoms with Gasteiger partial charge in [-0.25, -0.2) is 4.79 Å². The molecule has 1 aromatic heterocycles. The summed E-state index contributed by atoms with van der Waals surface area (Å²) >= 11 is 0. The third-order valence-corrected chi connectivity index (χ3v) is 4.48. The molecule has 8 heteroatoms. The SMILES string of the molecule is CCCCC(=O)O[C@H]1[C@H](O)[C@@H](CO)C[C@H]1n1cc(C)c(=O)[nH]c1=O. The van der Waals surface area contributed by atoms with E-state index in [9.17, 15) is 24.6 Å². The Bertz CT molecular complexity index is 695. The summed E-state index contributed by atoms with van der Waals surface area (Å²) in [4.78, 5) is 37.8. The molecule has 0 radical (unpaired) electrons. The molecule has 4 atom stereocenters. The molecule has 8 nitrogen and oxygen atoms in total. The van der Waals surface area contributed by atoms with Gasteiger partial charge in [0.1, 0.15) is 6.10 Å². The second kappa shape index (κ2) is 7.76. The Morgan fingerprint density at radius 1 is 1.46 bits per heavy atom. The Labute approximate surface area is 139 Å². The number of hydrogen-bond acceptors (Lipinski definition) is 6. The van der Waals surface area contributed by atoms with Gasteiger partial charge in [-0.2, -0.15) is 0 Å². The predicted molar refractivity (Wildman–Crippen MR) is 85.7 cm³/mol. The van der Waals surface area contributed by atoms with Gasteiger partial charge in [0, 0.05) is 30.7 Å². The number of aliphatic hydroxyl groups is 2. The molecule has 3 N–H and O–H groups in total. The average molecular weight is 340 g/mol. The largest absolute Gasteiger partial charge is 0.457 e. The average Bonchev–Trinajstić information content (AvgIpc) is 2.85. The van der Waals surface area contributed by atoms with Crippen molar-refractivity contribution in [2.75, 3.05) is 6.61 Å². The smallest absolute Gasteiger partial charge is 0.328 e. The number of H-pyrrole nitrogens is 1. The zero-order valence-electron chi connectivity index (χ0n) is 13.9.